The summed E-state index contributed by atoms with van der Waals surface area (Å²) in [6.45, 7) is 7.64. The Morgan fingerprint density at radius 3 is 2.69 bits per heavy atom. The molecular formula is C19H25N3O2S2. The Kier molecular flexibility index (Phi) is 6.56. The second-order valence-electron chi connectivity index (χ2n) is 7.23. The number of nitrogens with zero attached hydrogens (tertiary/aromatic N) is 2. The Balaban J connectivity index is 1.45. The number of anilines is 1. The minimum absolute atomic E-state index is 0.0170. The van der Waals surface area contributed by atoms with Crippen molar-refractivity contribution in [1.82, 2.24) is 9.88 Å². The van der Waals surface area contributed by atoms with Gasteiger partial charge in [0, 0.05) is 37.9 Å². The molecule has 0 unspecified atom stereocenters. The fraction of sp³-hybridized carbons (Fsp3) is 0.526. The van der Waals surface area contributed by atoms with Gasteiger partial charge in [-0.25, -0.2) is 4.98 Å². The van der Waals surface area contributed by atoms with Crippen molar-refractivity contribution in [2.24, 2.45) is 11.8 Å². The molecule has 5 nitrogen and oxygen atoms in total. The zero-order valence-electron chi connectivity index (χ0n) is 15.2. The summed E-state index contributed by atoms with van der Waals surface area (Å²) in [5.41, 5.74) is 1.00. The van der Waals surface area contributed by atoms with Crippen LogP contribution in [0.5, 0.6) is 0 Å². The topological polar surface area (TPSA) is 62.3 Å². The van der Waals surface area contributed by atoms with Crippen molar-refractivity contribution >= 4 is 39.5 Å². The molecule has 0 radical (unpaired) electrons. The summed E-state index contributed by atoms with van der Waals surface area (Å²) in [6.07, 6.45) is 1.71. The highest BCUT2D eigenvalue weighted by molar-refractivity contribution is 7.14. The summed E-state index contributed by atoms with van der Waals surface area (Å²) in [6, 6.07) is 3.64. The molecule has 2 atom stereocenters. The molecule has 2 aromatic rings. The fourth-order valence-electron chi connectivity index (χ4n) is 3.56. The van der Waals surface area contributed by atoms with Gasteiger partial charge in [0.15, 0.2) is 10.9 Å². The molecule has 7 heteroatoms. The van der Waals surface area contributed by atoms with Crippen LogP contribution in [0.3, 0.4) is 0 Å². The van der Waals surface area contributed by atoms with Gasteiger partial charge in [0.2, 0.25) is 5.91 Å². The second-order valence-corrected chi connectivity index (χ2v) is 9.04. The van der Waals surface area contributed by atoms with Gasteiger partial charge in [-0.1, -0.05) is 19.9 Å². The molecule has 2 aromatic heterocycles. The molecule has 1 aliphatic heterocycles. The predicted octanol–water partition coefficient (Wildman–Crippen LogP) is 4.28. The lowest BCUT2D eigenvalue weighted by atomic mass is 9.92. The largest absolute Gasteiger partial charge is 0.302 e. The van der Waals surface area contributed by atoms with Crippen LogP contribution in [-0.4, -0.2) is 34.7 Å². The Morgan fingerprint density at radius 1 is 1.23 bits per heavy atom. The Labute approximate surface area is 162 Å². The molecule has 1 N–H and O–H groups in total. The number of Topliss-reactive ketones (excluding diaryl/α,β-unsaturated/α-hetero) is 1. The summed E-state index contributed by atoms with van der Waals surface area (Å²) in [5.74, 6) is 1.30. The first-order chi connectivity index (χ1) is 12.5. The Bertz CT molecular complexity index is 732. The number of rotatable bonds is 7. The average Bonchev–Trinajstić information content (AvgIpc) is 3.24. The molecule has 0 aromatic carbocycles. The molecule has 0 bridgehead atoms. The summed E-state index contributed by atoms with van der Waals surface area (Å²) < 4.78 is 0. The Morgan fingerprint density at radius 2 is 2.00 bits per heavy atom. The molecule has 1 fully saturated rings. The number of hydrogen-bond acceptors (Lipinski definition) is 6. The van der Waals surface area contributed by atoms with Gasteiger partial charge in [0.1, 0.15) is 0 Å². The van der Waals surface area contributed by atoms with Crippen molar-refractivity contribution in [3.63, 3.8) is 0 Å². The number of likely N-dealkylation sites (tertiary alicyclic amines) is 1. The highest BCUT2D eigenvalue weighted by Gasteiger charge is 2.22. The molecule has 26 heavy (non-hydrogen) atoms. The van der Waals surface area contributed by atoms with Crippen molar-refractivity contribution in [3.8, 4) is 0 Å². The van der Waals surface area contributed by atoms with Gasteiger partial charge in [-0.05, 0) is 29.7 Å². The molecule has 0 saturated carbocycles. The summed E-state index contributed by atoms with van der Waals surface area (Å²) in [7, 11) is 0. The highest BCUT2D eigenvalue weighted by Crippen LogP contribution is 2.24. The number of thiophene rings is 1. The van der Waals surface area contributed by atoms with Crippen molar-refractivity contribution < 1.29 is 9.59 Å². The smallest absolute Gasteiger partial charge is 0.226 e. The average molecular weight is 392 g/mol. The second kappa shape index (κ2) is 8.88. The number of amides is 1. The molecule has 140 valence electrons. The first-order valence-electron chi connectivity index (χ1n) is 9.03. The summed E-state index contributed by atoms with van der Waals surface area (Å²) in [5, 5.41) is 7.32. The van der Waals surface area contributed by atoms with Gasteiger partial charge in [-0.2, -0.15) is 0 Å². The first-order valence-corrected chi connectivity index (χ1v) is 10.8. The van der Waals surface area contributed by atoms with E-state index in [-0.39, 0.29) is 24.5 Å². The zero-order valence-corrected chi connectivity index (χ0v) is 16.9. The number of carbonyl (C=O) groups is 2. The van der Waals surface area contributed by atoms with E-state index in [2.05, 4.69) is 29.0 Å². The normalized spacial score (nSPS) is 20.8. The third-order valence-corrected chi connectivity index (χ3v) is 6.22. The number of aromatic nitrogens is 1. The van der Waals surface area contributed by atoms with Gasteiger partial charge in [0.25, 0.3) is 0 Å². The van der Waals surface area contributed by atoms with Crippen LogP contribution in [0.2, 0.25) is 0 Å². The van der Waals surface area contributed by atoms with Gasteiger partial charge in [-0.15, -0.1) is 22.7 Å². The maximum Gasteiger partial charge on any atom is 0.226 e. The van der Waals surface area contributed by atoms with E-state index in [9.17, 15) is 9.59 Å². The summed E-state index contributed by atoms with van der Waals surface area (Å²) >= 11 is 2.86. The van der Waals surface area contributed by atoms with Crippen LogP contribution in [0, 0.1) is 11.8 Å². The molecular weight excluding hydrogens is 366 g/mol. The van der Waals surface area contributed by atoms with Crippen molar-refractivity contribution in [3.05, 3.63) is 33.5 Å². The van der Waals surface area contributed by atoms with E-state index in [1.807, 2.05) is 16.8 Å². The van der Waals surface area contributed by atoms with Crippen LogP contribution in [-0.2, 0) is 11.3 Å². The lowest BCUT2D eigenvalue weighted by Gasteiger charge is -2.34. The van der Waals surface area contributed by atoms with Gasteiger partial charge in [-0.3, -0.25) is 14.5 Å². The maximum atomic E-state index is 12.1. The third-order valence-electron chi connectivity index (χ3n) is 4.50. The van der Waals surface area contributed by atoms with E-state index in [0.717, 1.165) is 37.2 Å². The maximum absolute atomic E-state index is 12.1. The fourth-order valence-corrected chi connectivity index (χ4v) is 4.97. The predicted molar refractivity (Wildman–Crippen MR) is 107 cm³/mol. The number of thiazole rings is 1. The van der Waals surface area contributed by atoms with E-state index < -0.39 is 0 Å². The van der Waals surface area contributed by atoms with Crippen molar-refractivity contribution in [2.45, 2.75) is 39.7 Å². The quantitative estimate of drug-likeness (QED) is 0.716. The molecule has 1 amide bonds. The van der Waals surface area contributed by atoms with E-state index >= 15 is 0 Å². The van der Waals surface area contributed by atoms with Gasteiger partial charge in [0.05, 0.1) is 10.6 Å². The minimum atomic E-state index is -0.156. The molecule has 3 rings (SSSR count). The molecule has 3 heterocycles. The number of nitrogens with one attached hydrogen (secondary N) is 1. The van der Waals surface area contributed by atoms with Crippen molar-refractivity contribution in [2.75, 3.05) is 18.4 Å². The number of piperidine rings is 1. The monoisotopic (exact) mass is 391 g/mol. The number of ketones is 1. The number of hydrogen-bond donors (Lipinski definition) is 1. The Hall–Kier alpha value is -1.57. The standard InChI is InChI=1S/C19H25N3O2S2/c1-13-8-14(2)10-22(9-13)11-15-12-26-19(20-15)21-18(24)6-5-16(23)17-4-3-7-25-17/h3-4,7,12-14H,5-6,8-11H2,1-2H3,(H,20,21,24)/t13-,14-/m0/s1. The van der Waals surface area contributed by atoms with Gasteiger partial charge >= 0.3 is 0 Å². The van der Waals surface area contributed by atoms with Crippen LogP contribution in [0.4, 0.5) is 5.13 Å². The van der Waals surface area contributed by atoms with Gasteiger partial charge < -0.3 is 5.32 Å². The minimum Gasteiger partial charge on any atom is -0.302 e. The lowest BCUT2D eigenvalue weighted by Crippen LogP contribution is -2.38. The summed E-state index contributed by atoms with van der Waals surface area (Å²) in [4.78, 5) is 31.7. The van der Waals surface area contributed by atoms with Crippen LogP contribution in [0.1, 0.15) is 48.5 Å². The van der Waals surface area contributed by atoms with E-state index in [1.165, 1.54) is 29.1 Å². The lowest BCUT2D eigenvalue weighted by molar-refractivity contribution is -0.116. The number of carbonyl (C=O) groups excluding carboxylic acids is 2. The first kappa shape index (κ1) is 19.2. The van der Waals surface area contributed by atoms with E-state index in [1.54, 1.807) is 6.07 Å². The van der Waals surface area contributed by atoms with Crippen LogP contribution in [0.25, 0.3) is 0 Å². The molecule has 1 saturated heterocycles. The van der Waals surface area contributed by atoms with Crippen LogP contribution >= 0.6 is 22.7 Å². The third kappa shape index (κ3) is 5.46. The highest BCUT2D eigenvalue weighted by atomic mass is 32.1. The van der Waals surface area contributed by atoms with E-state index in [0.29, 0.717) is 10.0 Å². The van der Waals surface area contributed by atoms with Crippen LogP contribution < -0.4 is 5.32 Å². The van der Waals surface area contributed by atoms with Crippen LogP contribution in [0.15, 0.2) is 22.9 Å². The zero-order chi connectivity index (χ0) is 18.5. The molecule has 1 aliphatic rings. The SMILES string of the molecule is C[C@H]1C[C@H](C)CN(Cc2csc(NC(=O)CCC(=O)c3cccs3)n2)C1. The molecule has 0 aliphatic carbocycles. The van der Waals surface area contributed by atoms with Crippen molar-refractivity contribution in [1.29, 1.82) is 0 Å². The molecule has 0 spiro atoms. The van der Waals surface area contributed by atoms with E-state index in [4.69, 9.17) is 0 Å².